The van der Waals surface area contributed by atoms with Crippen molar-refractivity contribution < 1.29 is 4.74 Å². The first kappa shape index (κ1) is 10.7. The van der Waals surface area contributed by atoms with Gasteiger partial charge in [0.1, 0.15) is 0 Å². The van der Waals surface area contributed by atoms with Crippen LogP contribution in [0.2, 0.25) is 0 Å². The van der Waals surface area contributed by atoms with Crippen LogP contribution in [0.5, 0.6) is 0 Å². The number of rotatable bonds is 5. The monoisotopic (exact) mass is 175 g/mol. The first-order valence-corrected chi connectivity index (χ1v) is 4.62. The summed E-state index contributed by atoms with van der Waals surface area (Å²) in [7, 11) is 0. The van der Waals surface area contributed by atoms with Gasteiger partial charge >= 0.3 is 0 Å². The van der Waals surface area contributed by atoms with Gasteiger partial charge in [-0.3, -0.25) is 0 Å². The van der Waals surface area contributed by atoms with Gasteiger partial charge < -0.3 is 10.1 Å². The highest BCUT2D eigenvalue weighted by molar-refractivity contribution is 7.80. The summed E-state index contributed by atoms with van der Waals surface area (Å²) in [6, 6.07) is 0. The van der Waals surface area contributed by atoms with Crippen molar-refractivity contribution in [3.63, 3.8) is 0 Å². The third-order valence-corrected chi connectivity index (χ3v) is 1.56. The molecular formula is C8H17NOS. The molecule has 0 aromatic carbocycles. The lowest BCUT2D eigenvalue weighted by atomic mass is 10.3. The maximum Gasteiger partial charge on any atom is 0.256 e. The van der Waals surface area contributed by atoms with Crippen LogP contribution < -0.4 is 5.32 Å². The fourth-order valence-corrected chi connectivity index (χ4v) is 0.940. The molecule has 3 heteroatoms. The van der Waals surface area contributed by atoms with Crippen LogP contribution in [0.4, 0.5) is 0 Å². The molecule has 0 aliphatic rings. The third-order valence-electron chi connectivity index (χ3n) is 1.30. The molecule has 0 aromatic heterocycles. The van der Waals surface area contributed by atoms with Gasteiger partial charge in [0.15, 0.2) is 0 Å². The Morgan fingerprint density at radius 2 is 2.09 bits per heavy atom. The summed E-state index contributed by atoms with van der Waals surface area (Å²) in [4.78, 5) is 0. The predicted molar refractivity (Wildman–Crippen MR) is 51.8 cm³/mol. The van der Waals surface area contributed by atoms with Gasteiger partial charge in [0.25, 0.3) is 5.17 Å². The van der Waals surface area contributed by atoms with Crippen LogP contribution in [0.25, 0.3) is 0 Å². The molecule has 1 N–H and O–H groups in total. The summed E-state index contributed by atoms with van der Waals surface area (Å²) in [6.07, 6.45) is 3.54. The standard InChI is InChI=1S/C8H17NOS/c1-3-5-6-7-10-8(11)9-4-2/h3-7H2,1-2H3,(H,9,11). The molecule has 11 heavy (non-hydrogen) atoms. The minimum atomic E-state index is 0.531. The molecule has 0 aliphatic carbocycles. The van der Waals surface area contributed by atoms with Gasteiger partial charge in [-0.1, -0.05) is 19.8 Å². The molecule has 0 saturated carbocycles. The highest BCUT2D eigenvalue weighted by Crippen LogP contribution is 1.93. The SMILES string of the molecule is CCCCCOC(=S)NCC. The Balaban J connectivity index is 3.04. The highest BCUT2D eigenvalue weighted by atomic mass is 32.1. The van der Waals surface area contributed by atoms with Gasteiger partial charge in [-0.15, -0.1) is 0 Å². The summed E-state index contributed by atoms with van der Waals surface area (Å²) < 4.78 is 5.20. The van der Waals surface area contributed by atoms with Crippen molar-refractivity contribution >= 4 is 17.4 Å². The summed E-state index contributed by atoms with van der Waals surface area (Å²) >= 11 is 4.87. The Labute approximate surface area is 74.3 Å². The van der Waals surface area contributed by atoms with E-state index in [2.05, 4.69) is 12.2 Å². The van der Waals surface area contributed by atoms with E-state index in [9.17, 15) is 0 Å². The second-order valence-corrected chi connectivity index (χ2v) is 2.74. The lowest BCUT2D eigenvalue weighted by molar-refractivity contribution is 0.289. The quantitative estimate of drug-likeness (QED) is 0.510. The second-order valence-electron chi connectivity index (χ2n) is 2.37. The average molecular weight is 175 g/mol. The smallest absolute Gasteiger partial charge is 0.256 e. The van der Waals surface area contributed by atoms with Crippen LogP contribution in [0, 0.1) is 0 Å². The Hall–Kier alpha value is -0.310. The number of hydrogen-bond donors (Lipinski definition) is 1. The second kappa shape index (κ2) is 7.79. The first-order chi connectivity index (χ1) is 5.31. The van der Waals surface area contributed by atoms with E-state index in [4.69, 9.17) is 17.0 Å². The molecule has 0 radical (unpaired) electrons. The molecule has 66 valence electrons. The molecule has 0 amide bonds. The molecular weight excluding hydrogens is 158 g/mol. The van der Waals surface area contributed by atoms with Crippen LogP contribution in [-0.2, 0) is 4.74 Å². The van der Waals surface area contributed by atoms with E-state index in [1.807, 2.05) is 6.92 Å². The topological polar surface area (TPSA) is 21.3 Å². The number of unbranched alkanes of at least 4 members (excludes halogenated alkanes) is 2. The van der Waals surface area contributed by atoms with Crippen molar-refractivity contribution in [2.75, 3.05) is 13.2 Å². The number of thiocarbonyl (C=S) groups is 1. The van der Waals surface area contributed by atoms with Gasteiger partial charge in [-0.25, -0.2) is 0 Å². The molecule has 0 aromatic rings. The van der Waals surface area contributed by atoms with Gasteiger partial charge in [-0.2, -0.15) is 0 Å². The molecule has 0 fully saturated rings. The molecule has 0 atom stereocenters. The van der Waals surface area contributed by atoms with E-state index in [1.165, 1.54) is 12.8 Å². The van der Waals surface area contributed by atoms with Crippen molar-refractivity contribution in [1.29, 1.82) is 0 Å². The fourth-order valence-electron chi connectivity index (χ4n) is 0.712. The summed E-state index contributed by atoms with van der Waals surface area (Å²) in [6.45, 7) is 5.76. The lowest BCUT2D eigenvalue weighted by Gasteiger charge is -2.06. The molecule has 0 saturated heterocycles. The number of nitrogens with one attached hydrogen (secondary N) is 1. The van der Waals surface area contributed by atoms with Crippen molar-refractivity contribution in [1.82, 2.24) is 5.32 Å². The van der Waals surface area contributed by atoms with Crippen molar-refractivity contribution in [3.05, 3.63) is 0 Å². The van der Waals surface area contributed by atoms with Crippen molar-refractivity contribution in [3.8, 4) is 0 Å². The summed E-state index contributed by atoms with van der Waals surface area (Å²) in [5.41, 5.74) is 0. The Bertz CT molecular complexity index is 106. The molecule has 0 unspecified atom stereocenters. The largest absolute Gasteiger partial charge is 0.471 e. The van der Waals surface area contributed by atoms with Gasteiger partial charge in [0, 0.05) is 6.54 Å². The Morgan fingerprint density at radius 3 is 2.64 bits per heavy atom. The molecule has 0 spiro atoms. The van der Waals surface area contributed by atoms with Crippen molar-refractivity contribution in [2.24, 2.45) is 0 Å². The molecule has 0 aliphatic heterocycles. The van der Waals surface area contributed by atoms with Gasteiger partial charge in [0.05, 0.1) is 6.61 Å². The number of hydrogen-bond acceptors (Lipinski definition) is 2. The Kier molecular flexibility index (Phi) is 7.57. The van der Waals surface area contributed by atoms with Crippen LogP contribution in [0.3, 0.4) is 0 Å². The van der Waals surface area contributed by atoms with Crippen LogP contribution in [0.1, 0.15) is 33.1 Å². The predicted octanol–water partition coefficient (Wildman–Crippen LogP) is 2.09. The maximum absolute atomic E-state index is 5.20. The van der Waals surface area contributed by atoms with Crippen LogP contribution in [0.15, 0.2) is 0 Å². The minimum Gasteiger partial charge on any atom is -0.471 e. The summed E-state index contributed by atoms with van der Waals surface area (Å²) in [5, 5.41) is 3.46. The Morgan fingerprint density at radius 1 is 1.36 bits per heavy atom. The van der Waals surface area contributed by atoms with Crippen molar-refractivity contribution in [2.45, 2.75) is 33.1 Å². The maximum atomic E-state index is 5.20. The van der Waals surface area contributed by atoms with E-state index in [1.54, 1.807) is 0 Å². The zero-order chi connectivity index (χ0) is 8.53. The van der Waals surface area contributed by atoms with E-state index in [0.29, 0.717) is 5.17 Å². The minimum absolute atomic E-state index is 0.531. The zero-order valence-electron chi connectivity index (χ0n) is 7.35. The molecule has 0 bridgehead atoms. The highest BCUT2D eigenvalue weighted by Gasteiger charge is 1.92. The summed E-state index contributed by atoms with van der Waals surface area (Å²) in [5.74, 6) is 0. The first-order valence-electron chi connectivity index (χ1n) is 4.21. The van der Waals surface area contributed by atoms with E-state index in [-0.39, 0.29) is 0 Å². The lowest BCUT2D eigenvalue weighted by Crippen LogP contribution is -2.23. The van der Waals surface area contributed by atoms with Gasteiger partial charge in [0.2, 0.25) is 0 Å². The van der Waals surface area contributed by atoms with Gasteiger partial charge in [-0.05, 0) is 25.6 Å². The van der Waals surface area contributed by atoms with Crippen LogP contribution >= 0.6 is 12.2 Å². The van der Waals surface area contributed by atoms with E-state index >= 15 is 0 Å². The van der Waals surface area contributed by atoms with E-state index in [0.717, 1.165) is 19.6 Å². The average Bonchev–Trinajstić information content (AvgIpc) is 1.99. The van der Waals surface area contributed by atoms with E-state index < -0.39 is 0 Å². The normalized spacial score (nSPS) is 9.27. The fraction of sp³-hybridized carbons (Fsp3) is 0.875. The zero-order valence-corrected chi connectivity index (χ0v) is 8.17. The third kappa shape index (κ3) is 7.59. The molecule has 2 nitrogen and oxygen atoms in total. The molecule has 0 heterocycles. The molecule has 0 rings (SSSR count). The number of ether oxygens (including phenoxy) is 1. The van der Waals surface area contributed by atoms with Crippen LogP contribution in [-0.4, -0.2) is 18.3 Å².